The van der Waals surface area contributed by atoms with E-state index in [0.717, 1.165) is 33.4 Å². The fourth-order valence-electron chi connectivity index (χ4n) is 2.63. The Morgan fingerprint density at radius 1 is 0.394 bits per heavy atom. The minimum Gasteiger partial charge on any atom is -0.243 e. The highest BCUT2D eigenvalue weighted by Crippen LogP contribution is 2.11. The first-order valence-electron chi connectivity index (χ1n) is 9.59. The van der Waals surface area contributed by atoms with Crippen LogP contribution in [0.3, 0.4) is 0 Å². The van der Waals surface area contributed by atoms with E-state index in [2.05, 4.69) is 50.5 Å². The Morgan fingerprint density at radius 2 is 0.667 bits per heavy atom. The minimum absolute atomic E-state index is 0.420. The highest BCUT2D eigenvalue weighted by Gasteiger charge is 1.98. The van der Waals surface area contributed by atoms with Crippen molar-refractivity contribution in [3.8, 4) is 35.5 Å². The lowest BCUT2D eigenvalue weighted by atomic mass is 10.0. The summed E-state index contributed by atoms with van der Waals surface area (Å²) in [5.41, 5.74) is 4.56. The minimum atomic E-state index is 0.420. The van der Waals surface area contributed by atoms with Gasteiger partial charge in [0, 0.05) is 52.0 Å². The molecule has 4 aromatic rings. The molecule has 3 aromatic heterocycles. The fraction of sp³-hybridized carbons (Fsp3) is 0. The lowest BCUT2D eigenvalue weighted by Gasteiger charge is -1.98. The van der Waals surface area contributed by atoms with Crippen LogP contribution < -0.4 is 0 Å². The second kappa shape index (κ2) is 10.7. The summed E-state index contributed by atoms with van der Waals surface area (Å²) in [5, 5.41) is 1.26. The molecule has 3 heterocycles. The van der Waals surface area contributed by atoms with Crippen LogP contribution in [-0.2, 0) is 0 Å². The maximum Gasteiger partial charge on any atom is 0.129 e. The summed E-state index contributed by atoms with van der Waals surface area (Å²) in [6.45, 7) is 0. The first-order valence-corrected chi connectivity index (χ1v) is 10.7. The Labute approximate surface area is 206 Å². The summed E-state index contributed by atoms with van der Waals surface area (Å²) >= 11 is 17.5. The number of nitrogens with zero attached hydrogens (tertiary/aromatic N) is 3. The van der Waals surface area contributed by atoms with Crippen LogP contribution >= 0.6 is 34.8 Å². The van der Waals surface area contributed by atoms with Crippen molar-refractivity contribution in [2.75, 3.05) is 0 Å². The van der Waals surface area contributed by atoms with Crippen LogP contribution in [0.4, 0.5) is 0 Å². The van der Waals surface area contributed by atoms with Gasteiger partial charge in [-0.25, -0.2) is 15.0 Å². The van der Waals surface area contributed by atoms with Crippen molar-refractivity contribution < 1.29 is 0 Å². The molecule has 0 radical (unpaired) electrons. The van der Waals surface area contributed by atoms with Gasteiger partial charge in [-0.1, -0.05) is 70.3 Å². The van der Waals surface area contributed by atoms with Gasteiger partial charge in [-0.15, -0.1) is 0 Å². The molecule has 6 heteroatoms. The summed E-state index contributed by atoms with van der Waals surface area (Å²) in [4.78, 5) is 12.2. The number of aromatic nitrogens is 3. The normalized spacial score (nSPS) is 9.55. The number of rotatable bonds is 0. The average Bonchev–Trinajstić information content (AvgIpc) is 2.83. The lowest BCUT2D eigenvalue weighted by molar-refractivity contribution is 1.31. The van der Waals surface area contributed by atoms with Crippen LogP contribution in [0.15, 0.2) is 73.2 Å². The van der Waals surface area contributed by atoms with Gasteiger partial charge in [-0.2, -0.15) is 0 Å². The van der Waals surface area contributed by atoms with Crippen LogP contribution in [0.2, 0.25) is 15.5 Å². The molecule has 0 aliphatic rings. The van der Waals surface area contributed by atoms with Gasteiger partial charge in [0.2, 0.25) is 0 Å². The van der Waals surface area contributed by atoms with E-state index in [4.69, 9.17) is 34.8 Å². The zero-order valence-electron chi connectivity index (χ0n) is 16.9. The molecule has 0 bridgehead atoms. The van der Waals surface area contributed by atoms with Gasteiger partial charge < -0.3 is 0 Å². The van der Waals surface area contributed by atoms with Crippen molar-refractivity contribution >= 4 is 34.8 Å². The molecule has 0 aliphatic carbocycles. The van der Waals surface area contributed by atoms with Gasteiger partial charge in [0.05, 0.1) is 0 Å². The van der Waals surface area contributed by atoms with Crippen molar-refractivity contribution in [2.45, 2.75) is 0 Å². The summed E-state index contributed by atoms with van der Waals surface area (Å²) in [7, 11) is 0. The SMILES string of the molecule is Clc1ccc(C#Cc2cc(C#Cc3ccc(Cl)nc3)cc(C#Cc3ccc(Cl)nc3)c2)cn1. The summed E-state index contributed by atoms with van der Waals surface area (Å²) in [5.74, 6) is 18.7. The van der Waals surface area contributed by atoms with E-state index in [9.17, 15) is 0 Å². The van der Waals surface area contributed by atoms with Crippen LogP contribution in [-0.4, -0.2) is 15.0 Å². The van der Waals surface area contributed by atoms with Crippen molar-refractivity contribution in [1.29, 1.82) is 0 Å². The van der Waals surface area contributed by atoms with Gasteiger partial charge in [0.1, 0.15) is 15.5 Å². The quantitative estimate of drug-likeness (QED) is 0.226. The molecule has 0 fully saturated rings. The molecule has 3 nitrogen and oxygen atoms in total. The van der Waals surface area contributed by atoms with Crippen molar-refractivity contribution in [3.63, 3.8) is 0 Å². The Balaban J connectivity index is 1.70. The van der Waals surface area contributed by atoms with Crippen molar-refractivity contribution in [2.24, 2.45) is 0 Å². The number of benzene rings is 1. The van der Waals surface area contributed by atoms with E-state index in [-0.39, 0.29) is 0 Å². The standard InChI is InChI=1S/C27H12Cl3N3/c28-25-10-7-19(16-31-25)1-4-22-13-23(5-2-20-8-11-26(29)32-17-20)15-24(14-22)6-3-21-9-12-27(30)33-18-21/h7-18H. The van der Waals surface area contributed by atoms with E-state index in [1.54, 1.807) is 36.8 Å². The smallest absolute Gasteiger partial charge is 0.129 e. The first kappa shape index (κ1) is 22.4. The summed E-state index contributed by atoms with van der Waals surface area (Å²) < 4.78 is 0. The van der Waals surface area contributed by atoms with Gasteiger partial charge in [0.25, 0.3) is 0 Å². The highest BCUT2D eigenvalue weighted by atomic mass is 35.5. The largest absolute Gasteiger partial charge is 0.243 e. The molecule has 4 rings (SSSR count). The van der Waals surface area contributed by atoms with Crippen LogP contribution in [0.5, 0.6) is 0 Å². The molecule has 0 amide bonds. The van der Waals surface area contributed by atoms with Crippen LogP contribution in [0, 0.1) is 35.5 Å². The topological polar surface area (TPSA) is 38.7 Å². The molecule has 0 aliphatic heterocycles. The molecule has 156 valence electrons. The zero-order valence-corrected chi connectivity index (χ0v) is 19.2. The highest BCUT2D eigenvalue weighted by molar-refractivity contribution is 6.29. The zero-order chi connectivity index (χ0) is 23.0. The Morgan fingerprint density at radius 3 is 0.909 bits per heavy atom. The van der Waals surface area contributed by atoms with Crippen molar-refractivity contribution in [3.05, 3.63) is 122 Å². The lowest BCUT2D eigenvalue weighted by Crippen LogP contribution is -1.86. The molecule has 0 atom stereocenters. The van der Waals surface area contributed by atoms with E-state index in [1.807, 2.05) is 36.4 Å². The Hall–Kier alpha value is -3.78. The fourth-order valence-corrected chi connectivity index (χ4v) is 2.96. The number of hydrogen-bond acceptors (Lipinski definition) is 3. The molecular formula is C27H12Cl3N3. The van der Waals surface area contributed by atoms with E-state index in [0.29, 0.717) is 15.5 Å². The molecule has 0 spiro atoms. The predicted octanol–water partition coefficient (Wildman–Crippen LogP) is 6.03. The van der Waals surface area contributed by atoms with Gasteiger partial charge in [0.15, 0.2) is 0 Å². The van der Waals surface area contributed by atoms with Crippen LogP contribution in [0.25, 0.3) is 0 Å². The number of hydrogen-bond donors (Lipinski definition) is 0. The van der Waals surface area contributed by atoms with E-state index >= 15 is 0 Å². The molecule has 0 N–H and O–H groups in total. The molecule has 0 saturated carbocycles. The third kappa shape index (κ3) is 6.85. The third-order valence-electron chi connectivity index (χ3n) is 4.17. The monoisotopic (exact) mass is 483 g/mol. The van der Waals surface area contributed by atoms with Crippen molar-refractivity contribution in [1.82, 2.24) is 15.0 Å². The second-order valence-electron chi connectivity index (χ2n) is 6.66. The van der Waals surface area contributed by atoms with Gasteiger partial charge in [-0.05, 0) is 54.6 Å². The third-order valence-corrected chi connectivity index (χ3v) is 4.84. The van der Waals surface area contributed by atoms with Crippen LogP contribution in [0.1, 0.15) is 33.4 Å². The first-order chi connectivity index (χ1) is 16.0. The second-order valence-corrected chi connectivity index (χ2v) is 7.82. The number of halogens is 3. The molecule has 0 saturated heterocycles. The summed E-state index contributed by atoms with van der Waals surface area (Å²) in [6.07, 6.45) is 4.88. The Bertz CT molecular complexity index is 1280. The molecule has 0 unspecified atom stereocenters. The Kier molecular flexibility index (Phi) is 7.26. The molecule has 33 heavy (non-hydrogen) atoms. The molecular weight excluding hydrogens is 473 g/mol. The molecule has 1 aromatic carbocycles. The van der Waals surface area contributed by atoms with Gasteiger partial charge >= 0.3 is 0 Å². The van der Waals surface area contributed by atoms with E-state index < -0.39 is 0 Å². The summed E-state index contributed by atoms with van der Waals surface area (Å²) in [6, 6.07) is 16.3. The average molecular weight is 485 g/mol. The maximum absolute atomic E-state index is 5.84. The number of pyridine rings is 3. The maximum atomic E-state index is 5.84. The van der Waals surface area contributed by atoms with E-state index in [1.165, 1.54) is 0 Å². The van der Waals surface area contributed by atoms with Gasteiger partial charge in [-0.3, -0.25) is 0 Å². The predicted molar refractivity (Wildman–Crippen MR) is 132 cm³/mol.